The van der Waals surface area contributed by atoms with Crippen molar-refractivity contribution in [1.29, 1.82) is 0 Å². The molecule has 0 bridgehead atoms. The van der Waals surface area contributed by atoms with Gasteiger partial charge in [0.05, 0.1) is 11.9 Å². The molecular weight excluding hydrogens is 282 g/mol. The number of rotatable bonds is 7. The summed E-state index contributed by atoms with van der Waals surface area (Å²) in [6, 6.07) is 0. The molecule has 1 fully saturated rings. The molecule has 1 aliphatic rings. The molecule has 0 atom stereocenters. The number of anilines is 1. The van der Waals surface area contributed by atoms with E-state index in [1.54, 1.807) is 20.7 Å². The number of amides is 2. The number of unbranched alkanes of at least 4 members (excludes halogenated alkanes) is 3. The fraction of sp³-hybridized carbons (Fsp3) is 0.667. The highest BCUT2D eigenvalue weighted by atomic mass is 16.2. The van der Waals surface area contributed by atoms with Crippen molar-refractivity contribution < 1.29 is 9.59 Å². The predicted molar refractivity (Wildman–Crippen MR) is 84.3 cm³/mol. The van der Waals surface area contributed by atoms with E-state index in [-0.39, 0.29) is 18.4 Å². The fourth-order valence-electron chi connectivity index (χ4n) is 2.64. The van der Waals surface area contributed by atoms with Crippen molar-refractivity contribution in [1.82, 2.24) is 14.7 Å². The summed E-state index contributed by atoms with van der Waals surface area (Å²) >= 11 is 0. The number of hydrogen-bond donors (Lipinski definition) is 1. The quantitative estimate of drug-likeness (QED) is 0.744. The van der Waals surface area contributed by atoms with Gasteiger partial charge in [-0.05, 0) is 19.4 Å². The zero-order chi connectivity index (χ0) is 15.9. The summed E-state index contributed by atoms with van der Waals surface area (Å²) in [5, 5.41) is 4.08. The van der Waals surface area contributed by atoms with Gasteiger partial charge < -0.3 is 15.5 Å². The third-order valence-corrected chi connectivity index (χ3v) is 3.92. The van der Waals surface area contributed by atoms with Crippen LogP contribution in [0, 0.1) is 0 Å². The van der Waals surface area contributed by atoms with Crippen molar-refractivity contribution in [3.63, 3.8) is 0 Å². The summed E-state index contributed by atoms with van der Waals surface area (Å²) in [4.78, 5) is 27.7. The minimum atomic E-state index is -0.0456. The smallest absolute Gasteiger partial charge is 0.246 e. The van der Waals surface area contributed by atoms with E-state index in [1.807, 2.05) is 13.2 Å². The maximum absolute atomic E-state index is 12.2. The van der Waals surface area contributed by atoms with Gasteiger partial charge in [-0.25, -0.2) is 0 Å². The Morgan fingerprint density at radius 2 is 2.05 bits per heavy atom. The van der Waals surface area contributed by atoms with E-state index < -0.39 is 0 Å². The summed E-state index contributed by atoms with van der Waals surface area (Å²) in [5.41, 5.74) is 6.23. The van der Waals surface area contributed by atoms with Crippen LogP contribution in [0.3, 0.4) is 0 Å². The molecule has 2 heterocycles. The lowest BCUT2D eigenvalue weighted by Crippen LogP contribution is -2.52. The Morgan fingerprint density at radius 3 is 2.68 bits per heavy atom. The van der Waals surface area contributed by atoms with Crippen LogP contribution in [0.4, 0.5) is 5.69 Å². The average Bonchev–Trinajstić information content (AvgIpc) is 2.93. The monoisotopic (exact) mass is 307 g/mol. The summed E-state index contributed by atoms with van der Waals surface area (Å²) in [6.45, 7) is 1.99. The van der Waals surface area contributed by atoms with Crippen molar-refractivity contribution in [2.45, 2.75) is 32.1 Å². The molecule has 7 nitrogen and oxygen atoms in total. The molecule has 1 aromatic heterocycles. The van der Waals surface area contributed by atoms with Crippen LogP contribution in [0.1, 0.15) is 32.1 Å². The first-order valence-corrected chi connectivity index (χ1v) is 7.88. The molecular formula is C15H25N5O2. The summed E-state index contributed by atoms with van der Waals surface area (Å²) in [5.74, 6) is 0.0302. The second kappa shape index (κ2) is 7.93. The number of nitrogens with zero attached hydrogens (tertiary/aromatic N) is 4. The number of nitrogens with two attached hydrogens (primary N) is 1. The van der Waals surface area contributed by atoms with E-state index >= 15 is 0 Å². The van der Waals surface area contributed by atoms with Crippen LogP contribution < -0.4 is 10.6 Å². The summed E-state index contributed by atoms with van der Waals surface area (Å²) in [6.07, 6.45) is 7.97. The van der Waals surface area contributed by atoms with Crippen LogP contribution in [0.15, 0.2) is 12.4 Å². The number of aromatic nitrogens is 2. The van der Waals surface area contributed by atoms with E-state index in [4.69, 9.17) is 5.73 Å². The predicted octanol–water partition coefficient (Wildman–Crippen LogP) is 0.505. The molecule has 122 valence electrons. The number of carbonyl (C=O) groups is 2. The maximum atomic E-state index is 12.2. The Balaban J connectivity index is 1.77. The Morgan fingerprint density at radius 1 is 1.27 bits per heavy atom. The van der Waals surface area contributed by atoms with E-state index in [2.05, 4.69) is 5.10 Å². The maximum Gasteiger partial charge on any atom is 0.246 e. The molecule has 22 heavy (non-hydrogen) atoms. The zero-order valence-electron chi connectivity index (χ0n) is 13.2. The topological polar surface area (TPSA) is 84.5 Å². The van der Waals surface area contributed by atoms with Crippen LogP contribution in [0.25, 0.3) is 0 Å². The molecule has 1 aliphatic heterocycles. The first-order chi connectivity index (χ1) is 10.6. The van der Waals surface area contributed by atoms with Gasteiger partial charge in [0.15, 0.2) is 0 Å². The number of aryl methyl sites for hydroxylation is 1. The minimum absolute atomic E-state index is 0.0456. The SMILES string of the molecule is Cn1cc(N2CCN(C(=O)CCCCCCN)CC2=O)cn1. The largest absolute Gasteiger partial charge is 0.332 e. The van der Waals surface area contributed by atoms with Crippen molar-refractivity contribution in [3.05, 3.63) is 12.4 Å². The zero-order valence-corrected chi connectivity index (χ0v) is 13.2. The highest BCUT2D eigenvalue weighted by Crippen LogP contribution is 2.16. The Hall–Kier alpha value is -1.89. The molecule has 2 N–H and O–H groups in total. The molecule has 1 aromatic rings. The minimum Gasteiger partial charge on any atom is -0.332 e. The van der Waals surface area contributed by atoms with Crippen molar-refractivity contribution >= 4 is 17.5 Å². The number of hydrogen-bond acceptors (Lipinski definition) is 4. The molecule has 1 saturated heterocycles. The van der Waals surface area contributed by atoms with Crippen molar-refractivity contribution in [2.24, 2.45) is 12.8 Å². The molecule has 2 amide bonds. The molecule has 0 spiro atoms. The highest BCUT2D eigenvalue weighted by molar-refractivity contribution is 5.97. The molecule has 0 radical (unpaired) electrons. The van der Waals surface area contributed by atoms with Gasteiger partial charge in [0.1, 0.15) is 6.54 Å². The van der Waals surface area contributed by atoms with Gasteiger partial charge >= 0.3 is 0 Å². The van der Waals surface area contributed by atoms with E-state index in [9.17, 15) is 9.59 Å². The molecule has 2 rings (SSSR count). The van der Waals surface area contributed by atoms with Gasteiger partial charge in [0, 0.05) is 32.8 Å². The third-order valence-electron chi connectivity index (χ3n) is 3.92. The Bertz CT molecular complexity index is 514. The van der Waals surface area contributed by atoms with Gasteiger partial charge in [-0.15, -0.1) is 0 Å². The lowest BCUT2D eigenvalue weighted by molar-refractivity contribution is -0.136. The van der Waals surface area contributed by atoms with Crippen LogP contribution in [0.5, 0.6) is 0 Å². The molecule has 0 unspecified atom stereocenters. The van der Waals surface area contributed by atoms with E-state index in [1.165, 1.54) is 0 Å². The molecule has 7 heteroatoms. The highest BCUT2D eigenvalue weighted by Gasteiger charge is 2.28. The van der Waals surface area contributed by atoms with Gasteiger partial charge in [-0.2, -0.15) is 5.10 Å². The molecule has 0 aromatic carbocycles. The van der Waals surface area contributed by atoms with Gasteiger partial charge in [-0.3, -0.25) is 14.3 Å². The van der Waals surface area contributed by atoms with E-state index in [0.29, 0.717) is 26.1 Å². The lowest BCUT2D eigenvalue weighted by atomic mass is 10.1. The first kappa shape index (κ1) is 16.5. The second-order valence-corrected chi connectivity index (χ2v) is 5.69. The van der Waals surface area contributed by atoms with E-state index in [0.717, 1.165) is 31.4 Å². The van der Waals surface area contributed by atoms with Crippen LogP contribution >= 0.6 is 0 Å². The summed E-state index contributed by atoms with van der Waals surface area (Å²) in [7, 11) is 1.82. The van der Waals surface area contributed by atoms with Gasteiger partial charge in [0.2, 0.25) is 11.8 Å². The fourth-order valence-corrected chi connectivity index (χ4v) is 2.64. The van der Waals surface area contributed by atoms with Crippen molar-refractivity contribution in [3.8, 4) is 0 Å². The normalized spacial score (nSPS) is 15.5. The Kier molecular flexibility index (Phi) is 5.94. The summed E-state index contributed by atoms with van der Waals surface area (Å²) < 4.78 is 1.67. The third kappa shape index (κ3) is 4.30. The van der Waals surface area contributed by atoms with Crippen molar-refractivity contribution in [2.75, 3.05) is 31.1 Å². The Labute approximate surface area is 131 Å². The molecule has 0 aliphatic carbocycles. The molecule has 0 saturated carbocycles. The van der Waals surface area contributed by atoms with Gasteiger partial charge in [0.25, 0.3) is 0 Å². The second-order valence-electron chi connectivity index (χ2n) is 5.69. The lowest BCUT2D eigenvalue weighted by Gasteiger charge is -2.33. The standard InChI is InChI=1S/C15H25N5O2/c1-18-11-13(10-17-18)20-9-8-19(12-15(20)22)14(21)6-4-2-3-5-7-16/h10-11H,2-9,12,16H2,1H3. The number of piperazine rings is 1. The first-order valence-electron chi connectivity index (χ1n) is 7.88. The number of carbonyl (C=O) groups excluding carboxylic acids is 2. The van der Waals surface area contributed by atoms with Crippen LogP contribution in [0.2, 0.25) is 0 Å². The van der Waals surface area contributed by atoms with Crippen LogP contribution in [-0.4, -0.2) is 52.7 Å². The average molecular weight is 307 g/mol. The van der Waals surface area contributed by atoms with Gasteiger partial charge in [-0.1, -0.05) is 12.8 Å². The van der Waals surface area contributed by atoms with Crippen LogP contribution in [-0.2, 0) is 16.6 Å².